The van der Waals surface area contributed by atoms with Crippen molar-refractivity contribution < 1.29 is 9.21 Å². The minimum absolute atomic E-state index is 0.174. The molecule has 0 saturated carbocycles. The van der Waals surface area contributed by atoms with Crippen molar-refractivity contribution in [2.75, 3.05) is 18.0 Å². The Kier molecular flexibility index (Phi) is 3.57. The van der Waals surface area contributed by atoms with Crippen molar-refractivity contribution in [3.63, 3.8) is 0 Å². The van der Waals surface area contributed by atoms with E-state index >= 15 is 0 Å². The van der Waals surface area contributed by atoms with Gasteiger partial charge in [0.2, 0.25) is 0 Å². The van der Waals surface area contributed by atoms with E-state index in [9.17, 15) is 4.79 Å². The topological polar surface area (TPSA) is 59.5 Å². The summed E-state index contributed by atoms with van der Waals surface area (Å²) in [5, 5.41) is 0. The lowest BCUT2D eigenvalue weighted by Crippen LogP contribution is -2.35. The molecule has 0 saturated heterocycles. The van der Waals surface area contributed by atoms with E-state index in [1.807, 2.05) is 30.3 Å². The molecule has 1 aromatic carbocycles. The maximum Gasteiger partial charge on any atom is 0.293 e. The number of rotatable bonds is 4. The lowest BCUT2D eigenvalue weighted by Gasteiger charge is -2.20. The Hall–Kier alpha value is -2.07. The second-order valence-corrected chi connectivity index (χ2v) is 3.56. The number of hydrogen-bond acceptors (Lipinski definition) is 3. The van der Waals surface area contributed by atoms with Crippen LogP contribution in [0.25, 0.3) is 0 Å². The Labute approximate surface area is 99.6 Å². The van der Waals surface area contributed by atoms with E-state index in [0.717, 1.165) is 5.69 Å². The van der Waals surface area contributed by atoms with Crippen molar-refractivity contribution in [2.24, 2.45) is 5.73 Å². The first-order valence-corrected chi connectivity index (χ1v) is 5.43. The van der Waals surface area contributed by atoms with E-state index in [4.69, 9.17) is 10.2 Å². The van der Waals surface area contributed by atoms with E-state index in [1.54, 1.807) is 17.0 Å². The zero-order chi connectivity index (χ0) is 12.1. The zero-order valence-corrected chi connectivity index (χ0v) is 9.37. The highest BCUT2D eigenvalue weighted by Crippen LogP contribution is 2.16. The van der Waals surface area contributed by atoms with Gasteiger partial charge in [0.25, 0.3) is 5.91 Å². The van der Waals surface area contributed by atoms with Crippen LogP contribution in [0.4, 0.5) is 5.69 Å². The number of amides is 1. The number of nitrogens with zero attached hydrogens (tertiary/aromatic N) is 1. The Morgan fingerprint density at radius 2 is 1.94 bits per heavy atom. The summed E-state index contributed by atoms with van der Waals surface area (Å²) in [6, 6.07) is 12.8. The molecule has 1 aromatic heterocycles. The first-order valence-electron chi connectivity index (χ1n) is 5.43. The summed E-state index contributed by atoms with van der Waals surface area (Å²) in [6.07, 6.45) is 1.48. The molecule has 1 amide bonds. The summed E-state index contributed by atoms with van der Waals surface area (Å²) < 4.78 is 5.11. The number of carbonyl (C=O) groups excluding carboxylic acids is 1. The van der Waals surface area contributed by atoms with Gasteiger partial charge in [0.1, 0.15) is 0 Å². The molecule has 1 heterocycles. The molecule has 2 rings (SSSR count). The Balaban J connectivity index is 2.27. The predicted molar refractivity (Wildman–Crippen MR) is 65.9 cm³/mol. The lowest BCUT2D eigenvalue weighted by molar-refractivity contribution is 0.0961. The Morgan fingerprint density at radius 3 is 2.53 bits per heavy atom. The summed E-state index contributed by atoms with van der Waals surface area (Å²) in [5.74, 6) is 0.147. The number of hydrogen-bond donors (Lipinski definition) is 1. The van der Waals surface area contributed by atoms with Gasteiger partial charge in [-0.3, -0.25) is 4.79 Å². The molecule has 0 radical (unpaired) electrons. The average Bonchev–Trinajstić information content (AvgIpc) is 2.90. The van der Waals surface area contributed by atoms with Crippen molar-refractivity contribution in [3.05, 3.63) is 54.5 Å². The summed E-state index contributed by atoms with van der Waals surface area (Å²) >= 11 is 0. The van der Waals surface area contributed by atoms with Crippen LogP contribution in [0, 0.1) is 0 Å². The van der Waals surface area contributed by atoms with Gasteiger partial charge in [-0.25, -0.2) is 0 Å². The molecule has 0 unspecified atom stereocenters. The monoisotopic (exact) mass is 230 g/mol. The molecular weight excluding hydrogens is 216 g/mol. The van der Waals surface area contributed by atoms with E-state index in [-0.39, 0.29) is 5.91 Å². The fourth-order valence-corrected chi connectivity index (χ4v) is 1.62. The third-order valence-corrected chi connectivity index (χ3v) is 2.40. The number of benzene rings is 1. The summed E-state index contributed by atoms with van der Waals surface area (Å²) in [7, 11) is 0. The highest BCUT2D eigenvalue weighted by molar-refractivity contribution is 6.04. The summed E-state index contributed by atoms with van der Waals surface area (Å²) in [5.41, 5.74) is 6.35. The van der Waals surface area contributed by atoms with Gasteiger partial charge < -0.3 is 15.1 Å². The van der Waals surface area contributed by atoms with Gasteiger partial charge in [-0.15, -0.1) is 0 Å². The summed E-state index contributed by atoms with van der Waals surface area (Å²) in [4.78, 5) is 13.8. The predicted octanol–water partition coefficient (Wildman–Crippen LogP) is 1.89. The smallest absolute Gasteiger partial charge is 0.293 e. The molecule has 0 aliphatic carbocycles. The average molecular weight is 230 g/mol. The van der Waals surface area contributed by atoms with Crippen molar-refractivity contribution >= 4 is 11.6 Å². The molecule has 2 aromatic rings. The standard InChI is InChI=1S/C13H14N2O2/c14-8-9-15(11-5-2-1-3-6-11)13(16)12-7-4-10-17-12/h1-7,10H,8-9,14H2. The third-order valence-electron chi connectivity index (χ3n) is 2.40. The van der Waals surface area contributed by atoms with Crippen LogP contribution < -0.4 is 10.6 Å². The van der Waals surface area contributed by atoms with Gasteiger partial charge in [0.15, 0.2) is 5.76 Å². The Morgan fingerprint density at radius 1 is 1.18 bits per heavy atom. The molecule has 0 atom stereocenters. The molecule has 0 aliphatic heterocycles. The molecule has 17 heavy (non-hydrogen) atoms. The maximum absolute atomic E-state index is 12.2. The second-order valence-electron chi connectivity index (χ2n) is 3.56. The second kappa shape index (κ2) is 5.32. The number of carbonyl (C=O) groups is 1. The van der Waals surface area contributed by atoms with Gasteiger partial charge in [-0.05, 0) is 24.3 Å². The molecule has 4 nitrogen and oxygen atoms in total. The van der Waals surface area contributed by atoms with Crippen LogP contribution in [0.2, 0.25) is 0 Å². The molecule has 4 heteroatoms. The number of anilines is 1. The van der Waals surface area contributed by atoms with Crippen LogP contribution in [0.5, 0.6) is 0 Å². The van der Waals surface area contributed by atoms with Crippen LogP contribution in [0.15, 0.2) is 53.1 Å². The van der Waals surface area contributed by atoms with Crippen LogP contribution in [-0.2, 0) is 0 Å². The van der Waals surface area contributed by atoms with Gasteiger partial charge >= 0.3 is 0 Å². The highest BCUT2D eigenvalue weighted by Gasteiger charge is 2.18. The highest BCUT2D eigenvalue weighted by atomic mass is 16.3. The van der Waals surface area contributed by atoms with Gasteiger partial charge in [0.05, 0.1) is 6.26 Å². The molecule has 88 valence electrons. The molecule has 0 aliphatic rings. The van der Waals surface area contributed by atoms with Gasteiger partial charge in [0, 0.05) is 18.8 Å². The third kappa shape index (κ3) is 2.54. The van der Waals surface area contributed by atoms with E-state index in [2.05, 4.69) is 0 Å². The SMILES string of the molecule is NCCN(C(=O)c1ccco1)c1ccccc1. The van der Waals surface area contributed by atoms with Crippen LogP contribution in [0.1, 0.15) is 10.6 Å². The van der Waals surface area contributed by atoms with Crippen molar-refractivity contribution in [1.82, 2.24) is 0 Å². The van der Waals surface area contributed by atoms with Crippen molar-refractivity contribution in [1.29, 1.82) is 0 Å². The first kappa shape index (κ1) is 11.4. The molecular formula is C13H14N2O2. The number of para-hydroxylation sites is 1. The molecule has 0 fully saturated rings. The minimum atomic E-state index is -0.174. The van der Waals surface area contributed by atoms with Gasteiger partial charge in [-0.1, -0.05) is 18.2 Å². The first-order chi connectivity index (χ1) is 8.33. The van der Waals surface area contributed by atoms with E-state index in [0.29, 0.717) is 18.8 Å². The fraction of sp³-hybridized carbons (Fsp3) is 0.154. The minimum Gasteiger partial charge on any atom is -0.459 e. The Bertz CT molecular complexity index is 465. The number of nitrogens with two attached hydrogens (primary N) is 1. The maximum atomic E-state index is 12.2. The zero-order valence-electron chi connectivity index (χ0n) is 9.37. The molecule has 0 bridgehead atoms. The van der Waals surface area contributed by atoms with Crippen LogP contribution in [0.3, 0.4) is 0 Å². The van der Waals surface area contributed by atoms with Gasteiger partial charge in [-0.2, -0.15) is 0 Å². The fourth-order valence-electron chi connectivity index (χ4n) is 1.62. The molecule has 2 N–H and O–H groups in total. The largest absolute Gasteiger partial charge is 0.459 e. The quantitative estimate of drug-likeness (QED) is 0.872. The normalized spacial score (nSPS) is 10.2. The lowest BCUT2D eigenvalue weighted by atomic mass is 10.2. The summed E-state index contributed by atoms with van der Waals surface area (Å²) in [6.45, 7) is 0.866. The number of furan rings is 1. The van der Waals surface area contributed by atoms with Crippen molar-refractivity contribution in [2.45, 2.75) is 0 Å². The molecule has 0 spiro atoms. The van der Waals surface area contributed by atoms with Crippen molar-refractivity contribution in [3.8, 4) is 0 Å². The van der Waals surface area contributed by atoms with E-state index in [1.165, 1.54) is 6.26 Å². The van der Waals surface area contributed by atoms with Crippen LogP contribution >= 0.6 is 0 Å². The van der Waals surface area contributed by atoms with Crippen LogP contribution in [-0.4, -0.2) is 19.0 Å². The van der Waals surface area contributed by atoms with E-state index < -0.39 is 0 Å².